The normalized spacial score (nSPS) is 11.2. The Morgan fingerprint density at radius 1 is 1.20 bits per heavy atom. The van der Waals surface area contributed by atoms with Gasteiger partial charge in [0.05, 0.1) is 27.7 Å². The van der Waals surface area contributed by atoms with Gasteiger partial charge < -0.3 is 9.80 Å². The summed E-state index contributed by atoms with van der Waals surface area (Å²) in [4.78, 5) is 11.1. The Morgan fingerprint density at radius 2 is 1.80 bits per heavy atom. The lowest BCUT2D eigenvalue weighted by molar-refractivity contribution is -0.870. The second-order valence-corrected chi connectivity index (χ2v) is 5.11. The van der Waals surface area contributed by atoms with Crippen molar-refractivity contribution in [1.82, 2.24) is 5.32 Å². The first-order valence-corrected chi connectivity index (χ1v) is 5.57. The molecule has 0 radical (unpaired) electrons. The van der Waals surface area contributed by atoms with Crippen LogP contribution in [-0.2, 0) is 4.79 Å². The minimum Gasteiger partial charge on any atom is -0.352 e. The molecule has 3 heteroatoms. The third-order valence-electron chi connectivity index (χ3n) is 2.18. The standard InChI is InChI=1S/C12H24N2O/c1-11(2)12(15)13-9-7-6-8-10-14(3,4)5/h1,6-10H2,2-5H3/p+1. The largest absolute Gasteiger partial charge is 0.352 e. The topological polar surface area (TPSA) is 29.1 Å². The van der Waals surface area contributed by atoms with Crippen LogP contribution in [0.15, 0.2) is 12.2 Å². The van der Waals surface area contributed by atoms with Crippen molar-refractivity contribution < 1.29 is 9.28 Å². The monoisotopic (exact) mass is 213 g/mol. The summed E-state index contributed by atoms with van der Waals surface area (Å²) >= 11 is 0. The maximum absolute atomic E-state index is 11.1. The van der Waals surface area contributed by atoms with Gasteiger partial charge in [0, 0.05) is 12.1 Å². The highest BCUT2D eigenvalue weighted by Crippen LogP contribution is 2.00. The van der Waals surface area contributed by atoms with Crippen LogP contribution in [0.2, 0.25) is 0 Å². The van der Waals surface area contributed by atoms with E-state index in [1.54, 1.807) is 6.92 Å². The van der Waals surface area contributed by atoms with E-state index in [0.29, 0.717) is 5.57 Å². The van der Waals surface area contributed by atoms with Gasteiger partial charge in [-0.25, -0.2) is 0 Å². The number of unbranched alkanes of at least 4 members (excludes halogenated alkanes) is 2. The Labute approximate surface area is 93.7 Å². The lowest BCUT2D eigenvalue weighted by Gasteiger charge is -2.23. The molecular weight excluding hydrogens is 188 g/mol. The maximum atomic E-state index is 11.1. The molecule has 1 amide bonds. The SMILES string of the molecule is C=C(C)C(=O)NCCCCC[N+](C)(C)C. The van der Waals surface area contributed by atoms with Gasteiger partial charge >= 0.3 is 0 Å². The Bertz CT molecular complexity index is 216. The predicted octanol–water partition coefficient (Wildman–Crippen LogP) is 1.56. The molecule has 0 aromatic heterocycles. The van der Waals surface area contributed by atoms with E-state index in [9.17, 15) is 4.79 Å². The molecule has 0 atom stereocenters. The number of amides is 1. The zero-order chi connectivity index (χ0) is 11.9. The molecule has 0 aromatic carbocycles. The van der Waals surface area contributed by atoms with Crippen molar-refractivity contribution in [3.05, 3.63) is 12.2 Å². The zero-order valence-electron chi connectivity index (χ0n) is 10.6. The van der Waals surface area contributed by atoms with Gasteiger partial charge in [-0.15, -0.1) is 0 Å². The quantitative estimate of drug-likeness (QED) is 0.388. The highest BCUT2D eigenvalue weighted by atomic mass is 16.1. The average Bonchev–Trinajstić information content (AvgIpc) is 2.08. The third-order valence-corrected chi connectivity index (χ3v) is 2.18. The van der Waals surface area contributed by atoms with Crippen LogP contribution in [0.3, 0.4) is 0 Å². The molecule has 0 saturated carbocycles. The Morgan fingerprint density at radius 3 is 2.27 bits per heavy atom. The van der Waals surface area contributed by atoms with Gasteiger partial charge in [-0.2, -0.15) is 0 Å². The van der Waals surface area contributed by atoms with Crippen LogP contribution in [0.25, 0.3) is 0 Å². The fourth-order valence-corrected chi connectivity index (χ4v) is 1.24. The molecule has 3 nitrogen and oxygen atoms in total. The predicted molar refractivity (Wildman–Crippen MR) is 64.6 cm³/mol. The second-order valence-electron chi connectivity index (χ2n) is 5.11. The number of hydrogen-bond acceptors (Lipinski definition) is 1. The van der Waals surface area contributed by atoms with E-state index in [1.807, 2.05) is 0 Å². The molecule has 0 saturated heterocycles. The van der Waals surface area contributed by atoms with Crippen molar-refractivity contribution in [3.8, 4) is 0 Å². The molecule has 0 rings (SSSR count). The van der Waals surface area contributed by atoms with Gasteiger partial charge in [0.2, 0.25) is 5.91 Å². The first kappa shape index (κ1) is 14.2. The lowest BCUT2D eigenvalue weighted by atomic mass is 10.2. The highest BCUT2D eigenvalue weighted by molar-refractivity contribution is 5.91. The molecule has 0 aliphatic rings. The van der Waals surface area contributed by atoms with Crippen molar-refractivity contribution in [3.63, 3.8) is 0 Å². The van der Waals surface area contributed by atoms with Crippen LogP contribution >= 0.6 is 0 Å². The highest BCUT2D eigenvalue weighted by Gasteiger charge is 2.05. The Balaban J connectivity index is 3.33. The number of carbonyl (C=O) groups is 1. The smallest absolute Gasteiger partial charge is 0.246 e. The van der Waals surface area contributed by atoms with Gasteiger partial charge in [-0.3, -0.25) is 4.79 Å². The average molecular weight is 213 g/mol. The number of carbonyl (C=O) groups excluding carboxylic acids is 1. The van der Waals surface area contributed by atoms with E-state index < -0.39 is 0 Å². The van der Waals surface area contributed by atoms with Gasteiger partial charge in [-0.1, -0.05) is 6.58 Å². The van der Waals surface area contributed by atoms with E-state index in [1.165, 1.54) is 19.4 Å². The molecule has 0 heterocycles. The summed E-state index contributed by atoms with van der Waals surface area (Å²) < 4.78 is 1.01. The van der Waals surface area contributed by atoms with Crippen LogP contribution in [0.1, 0.15) is 26.2 Å². The first-order valence-electron chi connectivity index (χ1n) is 5.57. The molecule has 88 valence electrons. The Hall–Kier alpha value is -0.830. The zero-order valence-corrected chi connectivity index (χ0v) is 10.6. The van der Waals surface area contributed by atoms with E-state index >= 15 is 0 Å². The minimum absolute atomic E-state index is 0.0263. The van der Waals surface area contributed by atoms with Crippen molar-refractivity contribution in [2.45, 2.75) is 26.2 Å². The molecule has 0 aliphatic heterocycles. The van der Waals surface area contributed by atoms with Crippen LogP contribution in [0, 0.1) is 0 Å². The lowest BCUT2D eigenvalue weighted by Crippen LogP contribution is -2.35. The molecule has 0 aromatic rings. The van der Waals surface area contributed by atoms with Crippen molar-refractivity contribution in [2.24, 2.45) is 0 Å². The fourth-order valence-electron chi connectivity index (χ4n) is 1.24. The van der Waals surface area contributed by atoms with Crippen LogP contribution < -0.4 is 5.32 Å². The summed E-state index contributed by atoms with van der Waals surface area (Å²) in [5.41, 5.74) is 0.585. The van der Waals surface area contributed by atoms with Crippen LogP contribution in [0.5, 0.6) is 0 Å². The third kappa shape index (κ3) is 9.47. The van der Waals surface area contributed by atoms with E-state index in [0.717, 1.165) is 17.4 Å². The number of hydrogen-bond donors (Lipinski definition) is 1. The molecule has 0 fully saturated rings. The second kappa shape index (κ2) is 6.62. The van der Waals surface area contributed by atoms with Gasteiger partial charge in [-0.05, 0) is 26.2 Å². The summed E-state index contributed by atoms with van der Waals surface area (Å²) in [5.74, 6) is -0.0263. The molecule has 0 aliphatic carbocycles. The van der Waals surface area contributed by atoms with Gasteiger partial charge in [0.1, 0.15) is 0 Å². The fraction of sp³-hybridized carbons (Fsp3) is 0.750. The van der Waals surface area contributed by atoms with Gasteiger partial charge in [0.25, 0.3) is 0 Å². The van der Waals surface area contributed by atoms with Crippen LogP contribution in [0.4, 0.5) is 0 Å². The van der Waals surface area contributed by atoms with E-state index in [4.69, 9.17) is 0 Å². The van der Waals surface area contributed by atoms with Crippen molar-refractivity contribution in [1.29, 1.82) is 0 Å². The van der Waals surface area contributed by atoms with E-state index in [-0.39, 0.29) is 5.91 Å². The Kier molecular flexibility index (Phi) is 6.25. The van der Waals surface area contributed by atoms with Gasteiger partial charge in [0.15, 0.2) is 0 Å². The summed E-state index contributed by atoms with van der Waals surface area (Å²) in [6.07, 6.45) is 3.44. The van der Waals surface area contributed by atoms with Crippen LogP contribution in [-0.4, -0.2) is 44.6 Å². The summed E-state index contributed by atoms with van der Waals surface area (Å²) in [6.45, 7) is 7.27. The summed E-state index contributed by atoms with van der Waals surface area (Å²) in [6, 6.07) is 0. The first-order chi connectivity index (χ1) is 6.83. The minimum atomic E-state index is -0.0263. The maximum Gasteiger partial charge on any atom is 0.246 e. The molecule has 0 unspecified atom stereocenters. The van der Waals surface area contributed by atoms with E-state index in [2.05, 4.69) is 33.0 Å². The molecular formula is C12H25N2O+. The number of quaternary nitrogens is 1. The molecule has 0 bridgehead atoms. The van der Waals surface area contributed by atoms with Crippen molar-refractivity contribution in [2.75, 3.05) is 34.2 Å². The van der Waals surface area contributed by atoms with Crippen molar-refractivity contribution >= 4 is 5.91 Å². The summed E-state index contributed by atoms with van der Waals surface area (Å²) in [7, 11) is 6.59. The molecule has 1 N–H and O–H groups in total. The molecule has 0 spiro atoms. The number of nitrogens with zero attached hydrogens (tertiary/aromatic N) is 1. The number of rotatable bonds is 7. The molecule has 15 heavy (non-hydrogen) atoms. The number of nitrogens with one attached hydrogen (secondary N) is 1. The summed E-state index contributed by atoms with van der Waals surface area (Å²) in [5, 5.41) is 2.84.